The van der Waals surface area contributed by atoms with Crippen molar-refractivity contribution in [1.82, 2.24) is 0 Å². The van der Waals surface area contributed by atoms with Crippen molar-refractivity contribution in [2.75, 3.05) is 12.4 Å². The molecule has 2 heterocycles. The van der Waals surface area contributed by atoms with Crippen molar-refractivity contribution in [3.8, 4) is 5.75 Å². The van der Waals surface area contributed by atoms with E-state index in [0.29, 0.717) is 16.5 Å². The first-order valence-corrected chi connectivity index (χ1v) is 7.10. The van der Waals surface area contributed by atoms with Gasteiger partial charge in [-0.1, -0.05) is 23.8 Å². The number of benzene rings is 1. The van der Waals surface area contributed by atoms with Crippen molar-refractivity contribution < 1.29 is 24.2 Å². The third-order valence-electron chi connectivity index (χ3n) is 3.91. The maximum Gasteiger partial charge on any atom is 0.310 e. The number of anilines is 1. The lowest BCUT2D eigenvalue weighted by molar-refractivity contribution is -0.145. The number of hydrogen-bond acceptors (Lipinski definition) is 4. The van der Waals surface area contributed by atoms with Crippen LogP contribution in [0.4, 0.5) is 5.69 Å². The highest BCUT2D eigenvalue weighted by Crippen LogP contribution is 2.40. The van der Waals surface area contributed by atoms with E-state index in [-0.39, 0.29) is 0 Å². The molecular weight excluding hydrogens is 310 g/mol. The van der Waals surface area contributed by atoms with E-state index in [2.05, 4.69) is 5.32 Å². The summed E-state index contributed by atoms with van der Waals surface area (Å²) < 4.78 is 10.7. The van der Waals surface area contributed by atoms with E-state index in [0.717, 1.165) is 0 Å². The number of methoxy groups -OCH3 is 1. The van der Waals surface area contributed by atoms with Crippen LogP contribution in [-0.4, -0.2) is 36.3 Å². The zero-order valence-electron chi connectivity index (χ0n) is 11.7. The Kier molecular flexibility index (Phi) is 3.80. The van der Waals surface area contributed by atoms with Gasteiger partial charge >= 0.3 is 5.97 Å². The number of amides is 1. The minimum absolute atomic E-state index is 0.399. The van der Waals surface area contributed by atoms with Crippen LogP contribution in [0, 0.1) is 11.8 Å². The second kappa shape index (κ2) is 5.62. The number of fused-ring (bicyclic) bond motifs is 2. The van der Waals surface area contributed by atoms with Gasteiger partial charge in [0.2, 0.25) is 5.91 Å². The van der Waals surface area contributed by atoms with Crippen molar-refractivity contribution in [1.29, 1.82) is 0 Å². The Morgan fingerprint density at radius 3 is 2.59 bits per heavy atom. The summed E-state index contributed by atoms with van der Waals surface area (Å²) in [6, 6.07) is 4.82. The molecule has 2 bridgehead atoms. The molecule has 0 saturated carbocycles. The molecule has 4 atom stereocenters. The number of nitrogens with one attached hydrogen (secondary N) is 1. The Morgan fingerprint density at radius 1 is 1.27 bits per heavy atom. The Hall–Kier alpha value is -2.05. The fourth-order valence-corrected chi connectivity index (χ4v) is 3.08. The summed E-state index contributed by atoms with van der Waals surface area (Å²) in [5.74, 6) is -2.69. The van der Waals surface area contributed by atoms with Gasteiger partial charge in [-0.25, -0.2) is 0 Å². The summed E-state index contributed by atoms with van der Waals surface area (Å²) in [7, 11) is 1.47. The third kappa shape index (κ3) is 2.44. The second-order valence-corrected chi connectivity index (χ2v) is 5.61. The molecule has 0 spiro atoms. The van der Waals surface area contributed by atoms with Crippen LogP contribution in [0.15, 0.2) is 30.4 Å². The van der Waals surface area contributed by atoms with E-state index < -0.39 is 35.9 Å². The zero-order chi connectivity index (χ0) is 15.9. The minimum Gasteiger partial charge on any atom is -0.495 e. The van der Waals surface area contributed by atoms with Gasteiger partial charge in [-0.05, 0) is 18.2 Å². The summed E-state index contributed by atoms with van der Waals surface area (Å²) in [4.78, 5) is 23.9. The standard InChI is InChI=1S/C15H14ClNO5/c1-21-9-3-2-7(16)6-8(9)17-14(18)12-10-4-5-11(22-10)13(12)15(19)20/h2-6,10-13H,1H3,(H,17,18)(H,19,20)/t10-,11-,12+,13+/m1/s1. The SMILES string of the molecule is COc1ccc(Cl)cc1NC(=O)[C@@H]1[C@@H](C(=O)O)[C@H]2C=C[C@H]1O2. The molecule has 1 fully saturated rings. The van der Waals surface area contributed by atoms with Crippen LogP contribution in [-0.2, 0) is 14.3 Å². The Labute approximate surface area is 131 Å². The summed E-state index contributed by atoms with van der Waals surface area (Å²) in [6.45, 7) is 0. The highest BCUT2D eigenvalue weighted by molar-refractivity contribution is 6.31. The van der Waals surface area contributed by atoms with E-state index in [9.17, 15) is 14.7 Å². The van der Waals surface area contributed by atoms with Crippen molar-refractivity contribution >= 4 is 29.2 Å². The molecule has 1 aromatic carbocycles. The van der Waals surface area contributed by atoms with Crippen molar-refractivity contribution in [3.05, 3.63) is 35.4 Å². The highest BCUT2D eigenvalue weighted by Gasteiger charge is 2.53. The molecule has 2 N–H and O–H groups in total. The van der Waals surface area contributed by atoms with Crippen LogP contribution >= 0.6 is 11.6 Å². The van der Waals surface area contributed by atoms with E-state index in [4.69, 9.17) is 21.1 Å². The van der Waals surface area contributed by atoms with Gasteiger partial charge in [-0.2, -0.15) is 0 Å². The number of carboxylic acid groups (broad SMARTS) is 1. The van der Waals surface area contributed by atoms with Gasteiger partial charge < -0.3 is 19.9 Å². The minimum atomic E-state index is -1.05. The number of hydrogen-bond donors (Lipinski definition) is 2. The summed E-state index contributed by atoms with van der Waals surface area (Å²) in [5, 5.41) is 12.5. The molecular formula is C15H14ClNO5. The number of carbonyl (C=O) groups is 2. The Morgan fingerprint density at radius 2 is 1.95 bits per heavy atom. The molecule has 22 heavy (non-hydrogen) atoms. The highest BCUT2D eigenvalue weighted by atomic mass is 35.5. The van der Waals surface area contributed by atoms with Crippen LogP contribution in [0.3, 0.4) is 0 Å². The predicted octanol–water partition coefficient (Wildman–Crippen LogP) is 1.94. The van der Waals surface area contributed by atoms with E-state index >= 15 is 0 Å². The maximum absolute atomic E-state index is 12.5. The van der Waals surface area contributed by atoms with E-state index in [1.807, 2.05) is 0 Å². The molecule has 7 heteroatoms. The number of ether oxygens (including phenoxy) is 2. The molecule has 0 aliphatic carbocycles. The predicted molar refractivity (Wildman–Crippen MR) is 79.1 cm³/mol. The van der Waals surface area contributed by atoms with Gasteiger partial charge in [-0.15, -0.1) is 0 Å². The molecule has 116 valence electrons. The molecule has 1 saturated heterocycles. The average Bonchev–Trinajstić information content (AvgIpc) is 3.08. The Balaban J connectivity index is 1.84. The zero-order valence-corrected chi connectivity index (χ0v) is 12.4. The van der Waals surface area contributed by atoms with E-state index in [1.165, 1.54) is 7.11 Å². The van der Waals surface area contributed by atoms with Gasteiger partial charge in [0, 0.05) is 5.02 Å². The lowest BCUT2D eigenvalue weighted by Gasteiger charge is -2.21. The molecule has 2 aliphatic rings. The lowest BCUT2D eigenvalue weighted by atomic mass is 9.82. The fourth-order valence-electron chi connectivity index (χ4n) is 2.91. The number of rotatable bonds is 4. The topological polar surface area (TPSA) is 84.9 Å². The van der Waals surface area contributed by atoms with Gasteiger partial charge in [0.05, 0.1) is 30.9 Å². The van der Waals surface area contributed by atoms with Crippen molar-refractivity contribution in [3.63, 3.8) is 0 Å². The lowest BCUT2D eigenvalue weighted by Crippen LogP contribution is -2.39. The number of carbonyl (C=O) groups excluding carboxylic acids is 1. The van der Waals surface area contributed by atoms with Crippen molar-refractivity contribution in [2.24, 2.45) is 11.8 Å². The van der Waals surface area contributed by atoms with Crippen LogP contribution in [0.25, 0.3) is 0 Å². The largest absolute Gasteiger partial charge is 0.495 e. The molecule has 3 rings (SSSR count). The summed E-state index contributed by atoms with van der Waals surface area (Å²) in [5.41, 5.74) is 0.399. The third-order valence-corrected chi connectivity index (χ3v) is 4.14. The van der Waals surface area contributed by atoms with Gasteiger partial charge in [-0.3, -0.25) is 9.59 Å². The molecule has 1 aromatic rings. The van der Waals surface area contributed by atoms with Gasteiger partial charge in [0.25, 0.3) is 0 Å². The normalized spacial score (nSPS) is 28.6. The second-order valence-electron chi connectivity index (χ2n) is 5.17. The Bertz CT molecular complexity index is 659. The first-order valence-electron chi connectivity index (χ1n) is 6.72. The summed E-state index contributed by atoms with van der Waals surface area (Å²) in [6.07, 6.45) is 2.34. The molecule has 1 amide bonds. The van der Waals surface area contributed by atoms with Crippen molar-refractivity contribution in [2.45, 2.75) is 12.2 Å². The first-order chi connectivity index (χ1) is 10.5. The smallest absolute Gasteiger partial charge is 0.310 e. The monoisotopic (exact) mass is 323 g/mol. The number of halogens is 1. The number of aliphatic carboxylic acids is 1. The van der Waals surface area contributed by atoms with Gasteiger partial charge in [0.1, 0.15) is 11.7 Å². The average molecular weight is 324 g/mol. The van der Waals surface area contributed by atoms with Gasteiger partial charge in [0.15, 0.2) is 0 Å². The molecule has 6 nitrogen and oxygen atoms in total. The van der Waals surface area contributed by atoms with Crippen LogP contribution in [0.5, 0.6) is 5.75 Å². The first kappa shape index (κ1) is 14.9. The van der Waals surface area contributed by atoms with E-state index in [1.54, 1.807) is 30.4 Å². The summed E-state index contributed by atoms with van der Waals surface area (Å²) >= 11 is 5.92. The quantitative estimate of drug-likeness (QED) is 0.827. The van der Waals surface area contributed by atoms with Crippen LogP contribution in [0.2, 0.25) is 5.02 Å². The molecule has 0 radical (unpaired) electrons. The molecule has 0 aromatic heterocycles. The van der Waals surface area contributed by atoms with Crippen LogP contribution < -0.4 is 10.1 Å². The fraction of sp³-hybridized carbons (Fsp3) is 0.333. The molecule has 2 aliphatic heterocycles. The van der Waals surface area contributed by atoms with Crippen LogP contribution in [0.1, 0.15) is 0 Å². The number of carboxylic acids is 1. The maximum atomic E-state index is 12.5. The molecule has 0 unspecified atom stereocenters.